The number of nitrogens with zero attached hydrogens (tertiary/aromatic N) is 1. The Morgan fingerprint density at radius 1 is 1.35 bits per heavy atom. The molecule has 3 rings (SSSR count). The minimum absolute atomic E-state index is 0.397. The second-order valence-electron chi connectivity index (χ2n) is 7.34. The Morgan fingerprint density at radius 3 is 2.65 bits per heavy atom. The van der Waals surface area contributed by atoms with Crippen LogP contribution in [-0.4, -0.2) is 16.1 Å². The Kier molecular flexibility index (Phi) is 4.84. The van der Waals surface area contributed by atoms with Gasteiger partial charge in [-0.2, -0.15) is 0 Å². The molecular weight excluding hydrogens is 371 g/mol. The summed E-state index contributed by atoms with van der Waals surface area (Å²) in [6.45, 7) is 8.07. The monoisotopic (exact) mass is 392 g/mol. The first-order valence-corrected chi connectivity index (χ1v) is 9.29. The lowest BCUT2D eigenvalue weighted by molar-refractivity contribution is -0.149. The number of fused-ring (bicyclic) bond motifs is 3. The van der Waals surface area contributed by atoms with Crippen molar-refractivity contribution in [1.82, 2.24) is 4.57 Å². The van der Waals surface area contributed by atoms with E-state index in [0.717, 1.165) is 28.6 Å². The minimum Gasteiger partial charge on any atom is -0.456 e. The van der Waals surface area contributed by atoms with Gasteiger partial charge >= 0.3 is 5.97 Å². The third-order valence-corrected chi connectivity index (χ3v) is 5.04. The molecule has 0 atom stereocenters. The Labute approximate surface area is 163 Å². The van der Waals surface area contributed by atoms with E-state index in [2.05, 4.69) is 4.57 Å². The molecule has 1 aromatic heterocycles. The molecule has 4 nitrogen and oxygen atoms in total. The Hall–Kier alpha value is -1.91. The number of halogens is 2. The molecule has 2 heterocycles. The number of benzene rings is 1. The van der Waals surface area contributed by atoms with Gasteiger partial charge in [0.15, 0.2) is 0 Å². The van der Waals surface area contributed by atoms with E-state index < -0.39 is 11.6 Å². The third-order valence-electron chi connectivity index (χ3n) is 4.22. The summed E-state index contributed by atoms with van der Waals surface area (Å²) in [5.41, 5.74) is 9.19. The van der Waals surface area contributed by atoms with Gasteiger partial charge in [0.05, 0.1) is 32.5 Å². The predicted octanol–water partition coefficient (Wildman–Crippen LogP) is 5.31. The zero-order chi connectivity index (χ0) is 19.2. The van der Waals surface area contributed by atoms with Gasteiger partial charge in [-0.1, -0.05) is 36.2 Å². The number of esters is 1. The first kappa shape index (κ1) is 18.9. The van der Waals surface area contributed by atoms with Gasteiger partial charge in [0.2, 0.25) is 0 Å². The maximum absolute atomic E-state index is 12.8. The van der Waals surface area contributed by atoms with Crippen LogP contribution < -0.4 is 5.73 Å². The van der Waals surface area contributed by atoms with Gasteiger partial charge in [-0.25, -0.2) is 4.79 Å². The van der Waals surface area contributed by atoms with E-state index in [0.29, 0.717) is 27.9 Å². The van der Waals surface area contributed by atoms with Gasteiger partial charge in [-0.3, -0.25) is 0 Å². The lowest BCUT2D eigenvalue weighted by Crippen LogP contribution is -2.29. The van der Waals surface area contributed by atoms with Crippen molar-refractivity contribution in [3.8, 4) is 0 Å². The average molecular weight is 393 g/mol. The number of rotatable bonds is 2. The fraction of sp³-hybridized carbons (Fsp3) is 0.350. The van der Waals surface area contributed by atoms with E-state index in [1.807, 2.05) is 45.9 Å². The van der Waals surface area contributed by atoms with Crippen molar-refractivity contribution < 1.29 is 9.53 Å². The Morgan fingerprint density at radius 2 is 2.04 bits per heavy atom. The first-order valence-electron chi connectivity index (χ1n) is 8.54. The van der Waals surface area contributed by atoms with Crippen molar-refractivity contribution in [2.75, 3.05) is 0 Å². The molecule has 2 N–H and O–H groups in total. The number of aromatic nitrogens is 1. The van der Waals surface area contributed by atoms with Gasteiger partial charge in [-0.05, 0) is 51.0 Å². The van der Waals surface area contributed by atoms with E-state index in [1.165, 1.54) is 0 Å². The van der Waals surface area contributed by atoms with E-state index in [4.69, 9.17) is 33.7 Å². The van der Waals surface area contributed by atoms with Crippen LogP contribution in [0.5, 0.6) is 0 Å². The molecule has 1 aromatic carbocycles. The highest BCUT2D eigenvalue weighted by Crippen LogP contribution is 2.38. The molecular formula is C20H22Cl2N2O2. The van der Waals surface area contributed by atoms with Crippen LogP contribution in [0.25, 0.3) is 16.6 Å². The molecule has 26 heavy (non-hydrogen) atoms. The number of carbonyl (C=O) groups is 1. The summed E-state index contributed by atoms with van der Waals surface area (Å²) < 4.78 is 7.64. The Bertz CT molecular complexity index is 962. The average Bonchev–Trinajstić information content (AvgIpc) is 2.89. The van der Waals surface area contributed by atoms with E-state index >= 15 is 0 Å². The van der Waals surface area contributed by atoms with Crippen molar-refractivity contribution in [2.45, 2.75) is 46.3 Å². The van der Waals surface area contributed by atoms with Crippen LogP contribution in [0.4, 0.5) is 0 Å². The van der Waals surface area contributed by atoms with Gasteiger partial charge in [0, 0.05) is 11.9 Å². The summed E-state index contributed by atoms with van der Waals surface area (Å²) in [5, 5.41) is 1.79. The second kappa shape index (κ2) is 6.67. The first-order chi connectivity index (χ1) is 12.1. The predicted molar refractivity (Wildman–Crippen MR) is 107 cm³/mol. The summed E-state index contributed by atoms with van der Waals surface area (Å²) in [4.78, 5) is 12.8. The maximum Gasteiger partial charge on any atom is 0.341 e. The maximum atomic E-state index is 12.8. The van der Waals surface area contributed by atoms with Crippen molar-refractivity contribution in [3.63, 3.8) is 0 Å². The molecule has 0 saturated carbocycles. The smallest absolute Gasteiger partial charge is 0.341 e. The molecule has 0 fully saturated rings. The van der Waals surface area contributed by atoms with Crippen LogP contribution in [0.1, 0.15) is 39.8 Å². The standard InChI is InChI=1S/C20H22Cl2N2O2/c1-5-6-11-10-24-14-8-7-13(21)17(22)12(14)9-15(24)18(23)16(11)19(25)26-20(2,3)4/h6-9H,5,10,23H2,1-4H3/b11-6-. The van der Waals surface area contributed by atoms with Crippen molar-refractivity contribution in [2.24, 2.45) is 5.73 Å². The number of hydrogen-bond donors (Lipinski definition) is 1. The summed E-state index contributed by atoms with van der Waals surface area (Å²) in [7, 11) is 0. The topological polar surface area (TPSA) is 57.2 Å². The molecule has 0 spiro atoms. The number of nitrogens with two attached hydrogens (primary N) is 1. The minimum atomic E-state index is -0.595. The van der Waals surface area contributed by atoms with Crippen LogP contribution >= 0.6 is 23.2 Å². The van der Waals surface area contributed by atoms with E-state index in [-0.39, 0.29) is 0 Å². The number of ether oxygens (including phenoxy) is 1. The molecule has 0 radical (unpaired) electrons. The Balaban J connectivity index is 2.23. The second-order valence-corrected chi connectivity index (χ2v) is 8.12. The van der Waals surface area contributed by atoms with E-state index in [1.54, 1.807) is 6.07 Å². The van der Waals surface area contributed by atoms with Crippen LogP contribution in [0.3, 0.4) is 0 Å². The van der Waals surface area contributed by atoms with Crippen LogP contribution in [0.2, 0.25) is 10.0 Å². The van der Waals surface area contributed by atoms with Crippen LogP contribution in [-0.2, 0) is 16.1 Å². The summed E-state index contributed by atoms with van der Waals surface area (Å²) >= 11 is 12.5. The van der Waals surface area contributed by atoms with Gasteiger partial charge in [-0.15, -0.1) is 0 Å². The number of allylic oxidation sites excluding steroid dienone is 1. The summed E-state index contributed by atoms with van der Waals surface area (Å²) in [6.07, 6.45) is 2.80. The third kappa shape index (κ3) is 3.24. The molecule has 1 aliphatic rings. The van der Waals surface area contributed by atoms with Crippen LogP contribution in [0.15, 0.2) is 35.4 Å². The van der Waals surface area contributed by atoms with Crippen LogP contribution in [0, 0.1) is 0 Å². The molecule has 0 saturated heterocycles. The normalized spacial score (nSPS) is 16.3. The molecule has 1 aliphatic heterocycles. The lowest BCUT2D eigenvalue weighted by atomic mass is 9.97. The highest BCUT2D eigenvalue weighted by Gasteiger charge is 2.31. The highest BCUT2D eigenvalue weighted by molar-refractivity contribution is 6.45. The molecule has 0 bridgehead atoms. The van der Waals surface area contributed by atoms with E-state index in [9.17, 15) is 4.79 Å². The van der Waals surface area contributed by atoms with Gasteiger partial charge < -0.3 is 15.0 Å². The highest BCUT2D eigenvalue weighted by atomic mass is 35.5. The zero-order valence-corrected chi connectivity index (χ0v) is 16.8. The molecule has 0 amide bonds. The molecule has 6 heteroatoms. The fourth-order valence-electron chi connectivity index (χ4n) is 3.20. The van der Waals surface area contributed by atoms with Gasteiger partial charge in [0.1, 0.15) is 5.60 Å². The quantitative estimate of drug-likeness (QED) is 0.704. The largest absolute Gasteiger partial charge is 0.456 e. The van der Waals surface area contributed by atoms with Crippen molar-refractivity contribution >= 4 is 45.8 Å². The van der Waals surface area contributed by atoms with Crippen molar-refractivity contribution in [1.29, 1.82) is 0 Å². The molecule has 138 valence electrons. The number of carbonyl (C=O) groups excluding carboxylic acids is 1. The summed E-state index contributed by atoms with van der Waals surface area (Å²) in [6, 6.07) is 5.57. The summed E-state index contributed by atoms with van der Waals surface area (Å²) in [5.74, 6) is -0.407. The van der Waals surface area contributed by atoms with Crippen molar-refractivity contribution in [3.05, 3.63) is 51.2 Å². The molecule has 0 aliphatic carbocycles. The fourth-order valence-corrected chi connectivity index (χ4v) is 3.58. The van der Waals surface area contributed by atoms with Gasteiger partial charge in [0.25, 0.3) is 0 Å². The zero-order valence-electron chi connectivity index (χ0n) is 15.3. The SMILES string of the molecule is CC/C=C1/Cn2c(cc3c(Cl)c(Cl)ccc32)C(N)=C1C(=O)OC(C)(C)C. The molecule has 0 unspecified atom stereocenters. The molecule has 2 aromatic rings. The number of hydrogen-bond acceptors (Lipinski definition) is 3. The lowest BCUT2D eigenvalue weighted by Gasteiger charge is -2.26.